The highest BCUT2D eigenvalue weighted by atomic mass is 16.5. The zero-order chi connectivity index (χ0) is 24.7. The minimum absolute atomic E-state index is 0.261. The molecule has 0 unspecified atom stereocenters. The molecule has 2 heteroatoms. The first-order valence-corrected chi connectivity index (χ1v) is 11.8. The molecule has 35 heavy (non-hydrogen) atoms. The Morgan fingerprint density at radius 3 is 1.29 bits per heavy atom. The van der Waals surface area contributed by atoms with Crippen molar-refractivity contribution in [1.82, 2.24) is 0 Å². The molecule has 4 aromatic carbocycles. The fourth-order valence-electron chi connectivity index (χ4n) is 4.27. The van der Waals surface area contributed by atoms with E-state index in [1.807, 2.05) is 24.3 Å². The number of ether oxygens (including phenoxy) is 2. The molecule has 0 aliphatic rings. The van der Waals surface area contributed by atoms with Crippen LogP contribution in [0.1, 0.15) is 36.1 Å². The molecule has 0 amide bonds. The molecule has 4 aromatic rings. The van der Waals surface area contributed by atoms with E-state index in [4.69, 9.17) is 9.47 Å². The molecule has 0 aliphatic heterocycles. The van der Waals surface area contributed by atoms with Gasteiger partial charge in [-0.15, -0.1) is 0 Å². The summed E-state index contributed by atoms with van der Waals surface area (Å²) in [5, 5.41) is 0. The molecule has 0 saturated carbocycles. The van der Waals surface area contributed by atoms with E-state index in [0.29, 0.717) is 0 Å². The standard InChI is InChI=1S/C33H32O2/c1-33(2,23-31(25-13-7-5-8-14-25)26-15-9-6-10-16-26)24-32(27-17-11-19-29(21-27)34-3)28-18-12-20-30(22-28)35-4/h5-24H,1-4H3. The van der Waals surface area contributed by atoms with Gasteiger partial charge in [-0.1, -0.05) is 111 Å². The highest BCUT2D eigenvalue weighted by Crippen LogP contribution is 2.36. The summed E-state index contributed by atoms with van der Waals surface area (Å²) in [5.74, 6) is 1.66. The highest BCUT2D eigenvalue weighted by Gasteiger charge is 2.19. The SMILES string of the molecule is COc1cccc(C(=CC(C)(C)C=C(c2ccccc2)c2ccccc2)c2cccc(OC)c2)c1. The van der Waals surface area contributed by atoms with Crippen molar-refractivity contribution in [3.8, 4) is 11.5 Å². The van der Waals surface area contributed by atoms with Crippen molar-refractivity contribution >= 4 is 11.1 Å². The van der Waals surface area contributed by atoms with Crippen LogP contribution in [0.15, 0.2) is 121 Å². The number of allylic oxidation sites excluding steroid dienone is 2. The van der Waals surface area contributed by atoms with Crippen LogP contribution in [0, 0.1) is 5.41 Å². The third-order valence-corrected chi connectivity index (χ3v) is 5.96. The lowest BCUT2D eigenvalue weighted by molar-refractivity contribution is 0.414. The van der Waals surface area contributed by atoms with Crippen LogP contribution in [0.5, 0.6) is 11.5 Å². The normalized spacial score (nSPS) is 10.9. The van der Waals surface area contributed by atoms with E-state index in [1.54, 1.807) is 14.2 Å². The van der Waals surface area contributed by atoms with E-state index in [-0.39, 0.29) is 5.41 Å². The quantitative estimate of drug-likeness (QED) is 0.263. The molecule has 0 heterocycles. The van der Waals surface area contributed by atoms with E-state index in [1.165, 1.54) is 16.7 Å². The maximum Gasteiger partial charge on any atom is 0.119 e. The van der Waals surface area contributed by atoms with E-state index in [9.17, 15) is 0 Å². The van der Waals surface area contributed by atoms with Gasteiger partial charge in [0.2, 0.25) is 0 Å². The van der Waals surface area contributed by atoms with Gasteiger partial charge in [0.25, 0.3) is 0 Å². The van der Waals surface area contributed by atoms with E-state index >= 15 is 0 Å². The van der Waals surface area contributed by atoms with E-state index in [2.05, 4.69) is 111 Å². The van der Waals surface area contributed by atoms with Gasteiger partial charge in [-0.3, -0.25) is 0 Å². The summed E-state index contributed by atoms with van der Waals surface area (Å²) >= 11 is 0. The van der Waals surface area contributed by atoms with E-state index in [0.717, 1.165) is 28.2 Å². The van der Waals surface area contributed by atoms with Gasteiger partial charge in [0.05, 0.1) is 14.2 Å². The lowest BCUT2D eigenvalue weighted by atomic mass is 9.82. The molecule has 0 fully saturated rings. The number of benzene rings is 4. The number of hydrogen-bond acceptors (Lipinski definition) is 2. The van der Waals surface area contributed by atoms with Crippen LogP contribution in [0.4, 0.5) is 0 Å². The van der Waals surface area contributed by atoms with Crippen molar-refractivity contribution in [1.29, 1.82) is 0 Å². The van der Waals surface area contributed by atoms with Gasteiger partial charge in [0.1, 0.15) is 11.5 Å². The molecular weight excluding hydrogens is 428 g/mol. The second-order valence-corrected chi connectivity index (χ2v) is 9.13. The average molecular weight is 461 g/mol. The Labute approximate surface area is 209 Å². The largest absolute Gasteiger partial charge is 0.497 e. The Morgan fingerprint density at radius 2 is 0.886 bits per heavy atom. The molecule has 0 radical (unpaired) electrons. The molecule has 2 nitrogen and oxygen atoms in total. The van der Waals surface area contributed by atoms with Crippen molar-refractivity contribution in [3.05, 3.63) is 144 Å². The molecule has 0 bridgehead atoms. The number of hydrogen-bond donors (Lipinski definition) is 0. The van der Waals surface area contributed by atoms with Crippen LogP contribution in [0.3, 0.4) is 0 Å². The van der Waals surface area contributed by atoms with Crippen molar-refractivity contribution in [3.63, 3.8) is 0 Å². The summed E-state index contributed by atoms with van der Waals surface area (Å²) in [6, 6.07) is 37.6. The van der Waals surface area contributed by atoms with E-state index < -0.39 is 0 Å². The van der Waals surface area contributed by atoms with Crippen LogP contribution < -0.4 is 9.47 Å². The Kier molecular flexibility index (Phi) is 7.52. The molecular formula is C33H32O2. The predicted octanol–water partition coefficient (Wildman–Crippen LogP) is 8.29. The summed E-state index contributed by atoms with van der Waals surface area (Å²) in [7, 11) is 3.40. The van der Waals surface area contributed by atoms with Gasteiger partial charge in [0.15, 0.2) is 0 Å². The summed E-state index contributed by atoms with van der Waals surface area (Å²) in [6.45, 7) is 4.50. The van der Waals surface area contributed by atoms with Crippen molar-refractivity contribution in [2.24, 2.45) is 5.41 Å². The molecule has 0 atom stereocenters. The average Bonchev–Trinajstić information content (AvgIpc) is 2.91. The molecule has 0 N–H and O–H groups in total. The van der Waals surface area contributed by atoms with Crippen LogP contribution in [-0.2, 0) is 0 Å². The second-order valence-electron chi connectivity index (χ2n) is 9.13. The Balaban J connectivity index is 1.89. The molecule has 176 valence electrons. The third kappa shape index (κ3) is 6.10. The third-order valence-electron chi connectivity index (χ3n) is 5.96. The summed E-state index contributed by atoms with van der Waals surface area (Å²) < 4.78 is 11.1. The monoisotopic (exact) mass is 460 g/mol. The van der Waals surface area contributed by atoms with Gasteiger partial charge in [-0.05, 0) is 57.7 Å². The Hall–Kier alpha value is -4.04. The summed E-state index contributed by atoms with van der Waals surface area (Å²) in [5.41, 5.74) is 6.67. The van der Waals surface area contributed by atoms with Crippen molar-refractivity contribution < 1.29 is 9.47 Å². The first-order chi connectivity index (χ1) is 17.0. The maximum absolute atomic E-state index is 5.53. The molecule has 4 rings (SSSR count). The Bertz CT molecular complexity index is 1220. The van der Waals surface area contributed by atoms with Crippen LogP contribution in [-0.4, -0.2) is 14.2 Å². The lowest BCUT2D eigenvalue weighted by Crippen LogP contribution is -2.07. The zero-order valence-electron chi connectivity index (χ0n) is 20.9. The number of rotatable bonds is 8. The number of methoxy groups -OCH3 is 2. The zero-order valence-corrected chi connectivity index (χ0v) is 20.9. The van der Waals surface area contributed by atoms with Gasteiger partial charge in [0, 0.05) is 5.41 Å². The van der Waals surface area contributed by atoms with Crippen molar-refractivity contribution in [2.45, 2.75) is 13.8 Å². The summed E-state index contributed by atoms with van der Waals surface area (Å²) in [6.07, 6.45) is 4.69. The van der Waals surface area contributed by atoms with Crippen LogP contribution >= 0.6 is 0 Å². The minimum Gasteiger partial charge on any atom is -0.497 e. The maximum atomic E-state index is 5.53. The van der Waals surface area contributed by atoms with Gasteiger partial charge in [-0.2, -0.15) is 0 Å². The molecule has 0 aliphatic carbocycles. The fraction of sp³-hybridized carbons (Fsp3) is 0.152. The first kappa shape index (κ1) is 24.1. The molecule has 0 spiro atoms. The second kappa shape index (κ2) is 10.9. The molecule has 0 saturated heterocycles. The Morgan fingerprint density at radius 1 is 0.514 bits per heavy atom. The van der Waals surface area contributed by atoms with Gasteiger partial charge >= 0.3 is 0 Å². The predicted molar refractivity (Wildman–Crippen MR) is 147 cm³/mol. The minimum atomic E-state index is -0.261. The smallest absolute Gasteiger partial charge is 0.119 e. The van der Waals surface area contributed by atoms with Crippen molar-refractivity contribution in [2.75, 3.05) is 14.2 Å². The highest BCUT2D eigenvalue weighted by molar-refractivity contribution is 5.84. The van der Waals surface area contributed by atoms with Gasteiger partial charge < -0.3 is 9.47 Å². The fourth-order valence-corrected chi connectivity index (χ4v) is 4.27. The first-order valence-electron chi connectivity index (χ1n) is 11.8. The van der Waals surface area contributed by atoms with Gasteiger partial charge in [-0.25, -0.2) is 0 Å². The molecule has 0 aromatic heterocycles. The van der Waals surface area contributed by atoms with Crippen LogP contribution in [0.2, 0.25) is 0 Å². The summed E-state index contributed by atoms with van der Waals surface area (Å²) in [4.78, 5) is 0. The topological polar surface area (TPSA) is 18.5 Å². The lowest BCUT2D eigenvalue weighted by Gasteiger charge is -2.22. The van der Waals surface area contributed by atoms with Crippen LogP contribution in [0.25, 0.3) is 11.1 Å².